The molecule has 0 saturated heterocycles. The molecule has 1 amide bonds. The summed E-state index contributed by atoms with van der Waals surface area (Å²) in [7, 11) is 0. The van der Waals surface area contributed by atoms with Gasteiger partial charge in [0.1, 0.15) is 5.69 Å². The lowest BCUT2D eigenvalue weighted by Gasteiger charge is -2.14. The van der Waals surface area contributed by atoms with E-state index < -0.39 is 0 Å². The van der Waals surface area contributed by atoms with E-state index in [2.05, 4.69) is 10.3 Å². The molecule has 1 unspecified atom stereocenters. The van der Waals surface area contributed by atoms with Crippen LogP contribution in [0.1, 0.15) is 29.0 Å². The number of nitrogens with two attached hydrogens (primary N) is 1. The summed E-state index contributed by atoms with van der Waals surface area (Å²) in [5.74, 6) is -0.181. The molecule has 0 fully saturated rings. The van der Waals surface area contributed by atoms with Gasteiger partial charge in [0.05, 0.1) is 6.04 Å². The van der Waals surface area contributed by atoms with Crippen LogP contribution in [0.5, 0.6) is 0 Å². The van der Waals surface area contributed by atoms with E-state index in [0.29, 0.717) is 11.4 Å². The number of aromatic nitrogens is 1. The Morgan fingerprint density at radius 2 is 1.94 bits per heavy atom. The van der Waals surface area contributed by atoms with Crippen LogP contribution in [0.2, 0.25) is 0 Å². The highest BCUT2D eigenvalue weighted by Crippen LogP contribution is 2.14. The summed E-state index contributed by atoms with van der Waals surface area (Å²) in [6, 6.07) is 12.6. The van der Waals surface area contributed by atoms with Gasteiger partial charge in [-0.15, -0.1) is 0 Å². The summed E-state index contributed by atoms with van der Waals surface area (Å²) in [5, 5.41) is 2.89. The van der Waals surface area contributed by atoms with Crippen LogP contribution in [-0.4, -0.2) is 10.9 Å². The number of rotatable bonds is 3. The van der Waals surface area contributed by atoms with Gasteiger partial charge < -0.3 is 11.1 Å². The summed E-state index contributed by atoms with van der Waals surface area (Å²) in [6.07, 6.45) is 1.60. The number of nitrogens with one attached hydrogen (secondary N) is 1. The summed E-state index contributed by atoms with van der Waals surface area (Å²) in [6.45, 7) is 1.92. The summed E-state index contributed by atoms with van der Waals surface area (Å²) in [4.78, 5) is 15.9. The van der Waals surface area contributed by atoms with Crippen molar-refractivity contribution in [3.05, 3.63) is 59.9 Å². The average Bonchev–Trinajstić information content (AvgIpc) is 2.40. The molecule has 0 aliphatic carbocycles. The molecule has 2 aromatic rings. The maximum absolute atomic E-state index is 11.9. The first kappa shape index (κ1) is 12.1. The second-order valence-electron chi connectivity index (χ2n) is 4.08. The lowest BCUT2D eigenvalue weighted by molar-refractivity contribution is 0.0935. The summed E-state index contributed by atoms with van der Waals surface area (Å²) < 4.78 is 0. The fourth-order valence-electron chi connectivity index (χ4n) is 1.64. The Hall–Kier alpha value is -2.36. The van der Waals surface area contributed by atoms with Gasteiger partial charge in [-0.3, -0.25) is 9.78 Å². The van der Waals surface area contributed by atoms with Crippen LogP contribution >= 0.6 is 0 Å². The van der Waals surface area contributed by atoms with Crippen LogP contribution in [-0.2, 0) is 0 Å². The van der Waals surface area contributed by atoms with Crippen molar-refractivity contribution in [1.29, 1.82) is 0 Å². The number of nitrogens with zero attached hydrogens (tertiary/aromatic N) is 1. The predicted octanol–water partition coefficient (Wildman–Crippen LogP) is 2.15. The minimum absolute atomic E-state index is 0.0832. The fraction of sp³-hybridized carbons (Fsp3) is 0.143. The van der Waals surface area contributed by atoms with Crippen molar-refractivity contribution in [2.45, 2.75) is 13.0 Å². The van der Waals surface area contributed by atoms with Crippen molar-refractivity contribution in [2.75, 3.05) is 5.73 Å². The Morgan fingerprint density at radius 1 is 1.22 bits per heavy atom. The van der Waals surface area contributed by atoms with Crippen molar-refractivity contribution < 1.29 is 4.79 Å². The molecule has 1 atom stereocenters. The first-order chi connectivity index (χ1) is 8.66. The first-order valence-corrected chi connectivity index (χ1v) is 5.74. The number of pyridine rings is 1. The van der Waals surface area contributed by atoms with Crippen molar-refractivity contribution in [2.24, 2.45) is 0 Å². The Kier molecular flexibility index (Phi) is 3.57. The SMILES string of the molecule is CC(NC(=O)c1ccccn1)c1ccc(N)cc1. The monoisotopic (exact) mass is 241 g/mol. The molecule has 92 valence electrons. The van der Waals surface area contributed by atoms with Gasteiger partial charge in [0.15, 0.2) is 0 Å². The molecule has 2 rings (SSSR count). The zero-order valence-electron chi connectivity index (χ0n) is 10.1. The van der Waals surface area contributed by atoms with Gasteiger partial charge in [0.2, 0.25) is 0 Å². The van der Waals surface area contributed by atoms with Crippen molar-refractivity contribution in [3.8, 4) is 0 Å². The van der Waals surface area contributed by atoms with E-state index in [4.69, 9.17) is 5.73 Å². The number of amides is 1. The normalized spacial score (nSPS) is 11.8. The molecule has 18 heavy (non-hydrogen) atoms. The standard InChI is InChI=1S/C14H15N3O/c1-10(11-5-7-12(15)8-6-11)17-14(18)13-4-2-3-9-16-13/h2-10H,15H2,1H3,(H,17,18). The van der Waals surface area contributed by atoms with Crippen molar-refractivity contribution in [1.82, 2.24) is 10.3 Å². The summed E-state index contributed by atoms with van der Waals surface area (Å²) >= 11 is 0. The fourth-order valence-corrected chi connectivity index (χ4v) is 1.64. The third-order valence-corrected chi connectivity index (χ3v) is 2.68. The second-order valence-corrected chi connectivity index (χ2v) is 4.08. The molecule has 0 saturated carbocycles. The van der Waals surface area contributed by atoms with Gasteiger partial charge in [-0.05, 0) is 36.8 Å². The third kappa shape index (κ3) is 2.85. The Balaban J connectivity index is 2.06. The molecule has 1 heterocycles. The first-order valence-electron chi connectivity index (χ1n) is 5.74. The van der Waals surface area contributed by atoms with Crippen molar-refractivity contribution >= 4 is 11.6 Å². The number of nitrogen functional groups attached to an aromatic ring is 1. The molecule has 1 aromatic carbocycles. The summed E-state index contributed by atoms with van der Waals surface area (Å²) in [5.41, 5.74) is 7.76. The Labute approximate surface area is 106 Å². The van der Waals surface area contributed by atoms with Crippen LogP contribution in [0.25, 0.3) is 0 Å². The quantitative estimate of drug-likeness (QED) is 0.809. The van der Waals surface area contributed by atoms with E-state index in [1.165, 1.54) is 0 Å². The maximum atomic E-state index is 11.9. The number of carbonyl (C=O) groups is 1. The van der Waals surface area contributed by atoms with Crippen LogP contribution in [0.4, 0.5) is 5.69 Å². The van der Waals surface area contributed by atoms with Gasteiger partial charge >= 0.3 is 0 Å². The van der Waals surface area contributed by atoms with E-state index in [1.807, 2.05) is 31.2 Å². The maximum Gasteiger partial charge on any atom is 0.270 e. The van der Waals surface area contributed by atoms with Gasteiger partial charge in [0, 0.05) is 11.9 Å². The number of carbonyl (C=O) groups excluding carboxylic acids is 1. The highest BCUT2D eigenvalue weighted by Gasteiger charge is 2.11. The topological polar surface area (TPSA) is 68.0 Å². The smallest absolute Gasteiger partial charge is 0.270 e. The molecule has 0 aliphatic heterocycles. The average molecular weight is 241 g/mol. The van der Waals surface area contributed by atoms with E-state index in [9.17, 15) is 4.79 Å². The Morgan fingerprint density at radius 3 is 2.56 bits per heavy atom. The zero-order valence-corrected chi connectivity index (χ0v) is 10.1. The molecule has 0 spiro atoms. The highest BCUT2D eigenvalue weighted by atomic mass is 16.1. The van der Waals surface area contributed by atoms with E-state index in [0.717, 1.165) is 5.56 Å². The molecule has 0 bridgehead atoms. The number of anilines is 1. The molecular formula is C14H15N3O. The van der Waals surface area contributed by atoms with Crippen LogP contribution < -0.4 is 11.1 Å². The van der Waals surface area contributed by atoms with Crippen LogP contribution in [0, 0.1) is 0 Å². The molecule has 1 aromatic heterocycles. The molecular weight excluding hydrogens is 226 g/mol. The second kappa shape index (κ2) is 5.31. The molecule has 3 N–H and O–H groups in total. The van der Waals surface area contributed by atoms with E-state index in [1.54, 1.807) is 24.4 Å². The Bertz CT molecular complexity index is 522. The number of hydrogen-bond acceptors (Lipinski definition) is 3. The highest BCUT2D eigenvalue weighted by molar-refractivity contribution is 5.92. The zero-order chi connectivity index (χ0) is 13.0. The minimum Gasteiger partial charge on any atom is -0.399 e. The van der Waals surface area contributed by atoms with E-state index >= 15 is 0 Å². The van der Waals surface area contributed by atoms with Gasteiger partial charge in [-0.25, -0.2) is 0 Å². The van der Waals surface area contributed by atoms with Gasteiger partial charge in [-0.1, -0.05) is 18.2 Å². The minimum atomic E-state index is -0.181. The molecule has 0 aliphatic rings. The largest absolute Gasteiger partial charge is 0.399 e. The predicted molar refractivity (Wildman–Crippen MR) is 71.0 cm³/mol. The van der Waals surface area contributed by atoms with E-state index in [-0.39, 0.29) is 11.9 Å². The lowest BCUT2D eigenvalue weighted by Crippen LogP contribution is -2.27. The van der Waals surface area contributed by atoms with Crippen molar-refractivity contribution in [3.63, 3.8) is 0 Å². The molecule has 4 heteroatoms. The third-order valence-electron chi connectivity index (χ3n) is 2.68. The number of hydrogen-bond donors (Lipinski definition) is 2. The van der Waals surface area contributed by atoms with Crippen LogP contribution in [0.15, 0.2) is 48.7 Å². The number of benzene rings is 1. The van der Waals surface area contributed by atoms with Gasteiger partial charge in [0.25, 0.3) is 5.91 Å². The van der Waals surface area contributed by atoms with Gasteiger partial charge in [-0.2, -0.15) is 0 Å². The van der Waals surface area contributed by atoms with Crippen LogP contribution in [0.3, 0.4) is 0 Å². The molecule has 4 nitrogen and oxygen atoms in total. The molecule has 0 radical (unpaired) electrons. The lowest BCUT2D eigenvalue weighted by atomic mass is 10.1.